The largest absolute Gasteiger partial charge is 0.507 e. The van der Waals surface area contributed by atoms with Gasteiger partial charge in [-0.3, -0.25) is 0 Å². The number of rotatable bonds is 1. The van der Waals surface area contributed by atoms with Crippen LogP contribution in [0.4, 0.5) is 0 Å². The van der Waals surface area contributed by atoms with Gasteiger partial charge < -0.3 is 5.11 Å². The second-order valence-electron chi connectivity index (χ2n) is 8.25. The maximum absolute atomic E-state index is 10.4. The maximum Gasteiger partial charge on any atom is 0.123 e. The van der Waals surface area contributed by atoms with Crippen LogP contribution in [-0.2, 0) is 10.8 Å². The Hall–Kier alpha value is -1.76. The zero-order valence-corrected chi connectivity index (χ0v) is 14.9. The zero-order valence-electron chi connectivity index (χ0n) is 14.9. The SMILES string of the molecule is Cc1cc(C(C)(C)C)c(-c2ccccc2O)c(C(C)(C)C)c1. The molecule has 0 fully saturated rings. The molecule has 2 rings (SSSR count). The summed E-state index contributed by atoms with van der Waals surface area (Å²) in [5, 5.41) is 10.4. The molecule has 2 aromatic carbocycles. The summed E-state index contributed by atoms with van der Waals surface area (Å²) in [6, 6.07) is 12.2. The number of phenols is 1. The molecule has 0 aliphatic rings. The topological polar surface area (TPSA) is 20.2 Å². The first-order valence-electron chi connectivity index (χ1n) is 7.96. The van der Waals surface area contributed by atoms with E-state index in [1.165, 1.54) is 22.3 Å². The number of benzene rings is 2. The van der Waals surface area contributed by atoms with Gasteiger partial charge in [0.25, 0.3) is 0 Å². The summed E-state index contributed by atoms with van der Waals surface area (Å²) in [6.07, 6.45) is 0. The van der Waals surface area contributed by atoms with Crippen LogP contribution >= 0.6 is 0 Å². The van der Waals surface area contributed by atoms with Crippen molar-refractivity contribution >= 4 is 0 Å². The van der Waals surface area contributed by atoms with E-state index in [2.05, 4.69) is 60.6 Å². The van der Waals surface area contributed by atoms with Crippen LogP contribution in [0.25, 0.3) is 11.1 Å². The molecule has 0 saturated carbocycles. The van der Waals surface area contributed by atoms with Crippen LogP contribution in [0.15, 0.2) is 36.4 Å². The van der Waals surface area contributed by atoms with Crippen molar-refractivity contribution in [3.8, 4) is 16.9 Å². The van der Waals surface area contributed by atoms with Crippen LogP contribution in [0.1, 0.15) is 58.2 Å². The molecule has 1 heteroatoms. The Kier molecular flexibility index (Phi) is 4.12. The van der Waals surface area contributed by atoms with Gasteiger partial charge in [-0.25, -0.2) is 0 Å². The van der Waals surface area contributed by atoms with Gasteiger partial charge in [-0.05, 0) is 40.5 Å². The third-order valence-electron chi connectivity index (χ3n) is 4.07. The van der Waals surface area contributed by atoms with Crippen molar-refractivity contribution in [2.24, 2.45) is 0 Å². The summed E-state index contributed by atoms with van der Waals surface area (Å²) in [7, 11) is 0. The highest BCUT2D eigenvalue weighted by atomic mass is 16.3. The van der Waals surface area contributed by atoms with Crippen LogP contribution in [0.5, 0.6) is 5.75 Å². The summed E-state index contributed by atoms with van der Waals surface area (Å²) in [4.78, 5) is 0. The molecule has 0 spiro atoms. The number of hydrogen-bond acceptors (Lipinski definition) is 1. The smallest absolute Gasteiger partial charge is 0.123 e. The number of phenolic OH excluding ortho intramolecular Hbond substituents is 1. The van der Waals surface area contributed by atoms with Gasteiger partial charge in [0.2, 0.25) is 0 Å². The number of aromatic hydroxyl groups is 1. The molecule has 0 heterocycles. The minimum absolute atomic E-state index is 0.0175. The summed E-state index contributed by atoms with van der Waals surface area (Å²) in [5.74, 6) is 0.349. The molecule has 0 unspecified atom stereocenters. The molecule has 0 amide bonds. The van der Waals surface area contributed by atoms with E-state index in [-0.39, 0.29) is 10.8 Å². The summed E-state index contributed by atoms with van der Waals surface area (Å²) < 4.78 is 0. The van der Waals surface area contributed by atoms with Gasteiger partial charge in [0.05, 0.1) is 0 Å². The normalized spacial score (nSPS) is 12.5. The molecular weight excluding hydrogens is 268 g/mol. The van der Waals surface area contributed by atoms with Gasteiger partial charge in [-0.15, -0.1) is 0 Å². The Morgan fingerprint density at radius 1 is 0.773 bits per heavy atom. The predicted molar refractivity (Wildman–Crippen MR) is 95.7 cm³/mol. The molecular formula is C21H28O. The average molecular weight is 296 g/mol. The van der Waals surface area contributed by atoms with Crippen LogP contribution in [-0.4, -0.2) is 5.11 Å². The van der Waals surface area contributed by atoms with Crippen molar-refractivity contribution in [3.05, 3.63) is 53.1 Å². The fourth-order valence-electron chi connectivity index (χ4n) is 2.94. The van der Waals surface area contributed by atoms with Gasteiger partial charge >= 0.3 is 0 Å². The molecule has 1 nitrogen and oxygen atoms in total. The number of aryl methyl sites for hydroxylation is 1. The van der Waals surface area contributed by atoms with E-state index in [1.807, 2.05) is 18.2 Å². The van der Waals surface area contributed by atoms with Crippen LogP contribution in [0.3, 0.4) is 0 Å². The maximum atomic E-state index is 10.4. The molecule has 0 bridgehead atoms. The van der Waals surface area contributed by atoms with E-state index >= 15 is 0 Å². The van der Waals surface area contributed by atoms with E-state index in [9.17, 15) is 5.11 Å². The van der Waals surface area contributed by atoms with Crippen LogP contribution in [0.2, 0.25) is 0 Å². The van der Waals surface area contributed by atoms with Crippen LogP contribution in [0, 0.1) is 6.92 Å². The van der Waals surface area contributed by atoms with E-state index < -0.39 is 0 Å². The second-order valence-corrected chi connectivity index (χ2v) is 8.25. The zero-order chi connectivity index (χ0) is 16.7. The van der Waals surface area contributed by atoms with Crippen molar-refractivity contribution in [1.29, 1.82) is 0 Å². The quantitative estimate of drug-likeness (QED) is 0.688. The first-order valence-corrected chi connectivity index (χ1v) is 7.96. The van der Waals surface area contributed by atoms with Crippen molar-refractivity contribution < 1.29 is 5.11 Å². The number of para-hydroxylation sites is 1. The molecule has 1 N–H and O–H groups in total. The summed E-state index contributed by atoms with van der Waals surface area (Å²) in [6.45, 7) is 15.6. The Balaban J connectivity index is 2.93. The third-order valence-corrected chi connectivity index (χ3v) is 4.07. The van der Waals surface area contributed by atoms with Gasteiger partial charge in [-0.2, -0.15) is 0 Å². The summed E-state index contributed by atoms with van der Waals surface area (Å²) >= 11 is 0. The highest BCUT2D eigenvalue weighted by molar-refractivity contribution is 5.78. The van der Waals surface area contributed by atoms with Crippen molar-refractivity contribution in [2.45, 2.75) is 59.3 Å². The standard InChI is InChI=1S/C21H28O/c1-14-12-16(20(2,3)4)19(17(13-14)21(5,6)7)15-10-8-9-11-18(15)22/h8-13,22H,1-7H3. The lowest BCUT2D eigenvalue weighted by molar-refractivity contribution is 0.476. The van der Waals surface area contributed by atoms with Gasteiger partial charge in [-0.1, -0.05) is 77.4 Å². The third kappa shape index (κ3) is 3.19. The lowest BCUT2D eigenvalue weighted by Crippen LogP contribution is -2.19. The Bertz CT molecular complexity index is 647. The van der Waals surface area contributed by atoms with Gasteiger partial charge in [0, 0.05) is 5.56 Å². The minimum atomic E-state index is 0.0175. The first kappa shape index (κ1) is 16.6. The average Bonchev–Trinajstić information content (AvgIpc) is 2.37. The van der Waals surface area contributed by atoms with Crippen molar-refractivity contribution in [1.82, 2.24) is 0 Å². The highest BCUT2D eigenvalue weighted by Gasteiger charge is 2.27. The fourth-order valence-corrected chi connectivity index (χ4v) is 2.94. The lowest BCUT2D eigenvalue weighted by atomic mass is 9.73. The monoisotopic (exact) mass is 296 g/mol. The summed E-state index contributed by atoms with van der Waals surface area (Å²) in [5.41, 5.74) is 6.00. The molecule has 0 radical (unpaired) electrons. The van der Waals surface area contributed by atoms with E-state index in [0.717, 1.165) is 5.56 Å². The molecule has 0 aliphatic heterocycles. The molecule has 0 aliphatic carbocycles. The molecule has 118 valence electrons. The Labute approximate surface area is 135 Å². The van der Waals surface area contributed by atoms with Crippen molar-refractivity contribution in [2.75, 3.05) is 0 Å². The molecule has 0 saturated heterocycles. The molecule has 22 heavy (non-hydrogen) atoms. The van der Waals surface area contributed by atoms with Gasteiger partial charge in [0.1, 0.15) is 5.75 Å². The number of hydrogen-bond donors (Lipinski definition) is 1. The van der Waals surface area contributed by atoms with E-state index in [4.69, 9.17) is 0 Å². The highest BCUT2D eigenvalue weighted by Crippen LogP contribution is 2.43. The Morgan fingerprint density at radius 2 is 1.23 bits per heavy atom. The minimum Gasteiger partial charge on any atom is -0.507 e. The second kappa shape index (κ2) is 5.46. The van der Waals surface area contributed by atoms with Gasteiger partial charge in [0.15, 0.2) is 0 Å². The predicted octanol–water partition coefficient (Wildman–Crippen LogP) is 5.96. The molecule has 0 atom stereocenters. The fraction of sp³-hybridized carbons (Fsp3) is 0.429. The van der Waals surface area contributed by atoms with E-state index in [1.54, 1.807) is 6.07 Å². The molecule has 0 aromatic heterocycles. The lowest BCUT2D eigenvalue weighted by Gasteiger charge is -2.31. The Morgan fingerprint density at radius 3 is 1.64 bits per heavy atom. The van der Waals surface area contributed by atoms with Crippen LogP contribution < -0.4 is 0 Å². The first-order chi connectivity index (χ1) is 10.0. The van der Waals surface area contributed by atoms with Crippen molar-refractivity contribution in [3.63, 3.8) is 0 Å². The van der Waals surface area contributed by atoms with E-state index in [0.29, 0.717) is 5.75 Å². The molecule has 2 aromatic rings.